The van der Waals surface area contributed by atoms with Crippen LogP contribution in [0.2, 0.25) is 0 Å². The normalized spacial score (nSPS) is 19.5. The second-order valence-electron chi connectivity index (χ2n) is 4.15. The number of nitrogens with one attached hydrogen (secondary N) is 1. The summed E-state index contributed by atoms with van der Waals surface area (Å²) in [7, 11) is 0. The number of ether oxygens (including phenoxy) is 2. The molecule has 0 radical (unpaired) electrons. The van der Waals surface area contributed by atoms with Crippen molar-refractivity contribution in [1.82, 2.24) is 5.43 Å². The number of nitrogens with zero attached hydrogens (tertiary/aromatic N) is 1. The Labute approximate surface area is 79.3 Å². The van der Waals surface area contributed by atoms with Crippen LogP contribution in [0.5, 0.6) is 0 Å². The Bertz CT molecular complexity index is 175. The van der Waals surface area contributed by atoms with Crippen molar-refractivity contribution in [3.8, 4) is 0 Å². The average molecular weight is 186 g/mol. The van der Waals surface area contributed by atoms with Crippen LogP contribution in [0.3, 0.4) is 0 Å². The third-order valence-corrected chi connectivity index (χ3v) is 1.46. The van der Waals surface area contributed by atoms with Gasteiger partial charge in [-0.2, -0.15) is 5.10 Å². The first-order valence-electron chi connectivity index (χ1n) is 4.56. The van der Waals surface area contributed by atoms with Gasteiger partial charge in [0.25, 0.3) is 0 Å². The van der Waals surface area contributed by atoms with Crippen molar-refractivity contribution in [2.24, 2.45) is 5.10 Å². The van der Waals surface area contributed by atoms with Gasteiger partial charge in [0.15, 0.2) is 0 Å². The molecule has 1 aliphatic heterocycles. The fourth-order valence-electron chi connectivity index (χ4n) is 0.851. The molecule has 13 heavy (non-hydrogen) atoms. The molecule has 0 spiro atoms. The summed E-state index contributed by atoms with van der Waals surface area (Å²) < 4.78 is 10.6. The van der Waals surface area contributed by atoms with Crippen molar-refractivity contribution in [2.75, 3.05) is 26.4 Å². The van der Waals surface area contributed by atoms with Crippen LogP contribution in [0.4, 0.5) is 0 Å². The monoisotopic (exact) mass is 186 g/mol. The first-order chi connectivity index (χ1) is 6.08. The lowest BCUT2D eigenvalue weighted by atomic mass is 10.1. The summed E-state index contributed by atoms with van der Waals surface area (Å²) in [5.74, 6) is 0. The topological polar surface area (TPSA) is 42.9 Å². The van der Waals surface area contributed by atoms with Gasteiger partial charge in [-0.3, -0.25) is 0 Å². The molecule has 1 heterocycles. The molecule has 0 atom stereocenters. The van der Waals surface area contributed by atoms with E-state index in [-0.39, 0.29) is 5.54 Å². The van der Waals surface area contributed by atoms with E-state index in [1.165, 1.54) is 0 Å². The standard InChI is InChI=1S/C9H18N2O2/c1-9(2,3)11-10-8-6-12-4-5-13-7-8/h11H,4-7H2,1-3H3. The Morgan fingerprint density at radius 3 is 2.15 bits per heavy atom. The fourth-order valence-corrected chi connectivity index (χ4v) is 0.851. The summed E-state index contributed by atoms with van der Waals surface area (Å²) in [5.41, 5.74) is 3.97. The lowest BCUT2D eigenvalue weighted by Crippen LogP contribution is -2.33. The lowest BCUT2D eigenvalue weighted by molar-refractivity contribution is 0.103. The highest BCUT2D eigenvalue weighted by atomic mass is 16.5. The Hall–Kier alpha value is -0.610. The van der Waals surface area contributed by atoms with Crippen molar-refractivity contribution in [1.29, 1.82) is 0 Å². The van der Waals surface area contributed by atoms with Gasteiger partial charge in [-0.25, -0.2) is 0 Å². The van der Waals surface area contributed by atoms with Crippen molar-refractivity contribution >= 4 is 5.71 Å². The summed E-state index contributed by atoms with van der Waals surface area (Å²) in [6.45, 7) is 8.66. The number of hydrazone groups is 1. The highest BCUT2D eigenvalue weighted by Gasteiger charge is 2.10. The lowest BCUT2D eigenvalue weighted by Gasteiger charge is -2.18. The Morgan fingerprint density at radius 2 is 1.69 bits per heavy atom. The van der Waals surface area contributed by atoms with Gasteiger partial charge in [0.2, 0.25) is 0 Å². The van der Waals surface area contributed by atoms with Crippen LogP contribution < -0.4 is 5.43 Å². The largest absolute Gasteiger partial charge is 0.373 e. The van der Waals surface area contributed by atoms with Crippen LogP contribution in [0, 0.1) is 0 Å². The Kier molecular flexibility index (Phi) is 3.69. The van der Waals surface area contributed by atoms with E-state index < -0.39 is 0 Å². The van der Waals surface area contributed by atoms with Crippen LogP contribution in [0.1, 0.15) is 20.8 Å². The summed E-state index contributed by atoms with van der Waals surface area (Å²) in [5, 5.41) is 4.23. The van der Waals surface area contributed by atoms with Crippen molar-refractivity contribution < 1.29 is 9.47 Å². The predicted molar refractivity (Wildman–Crippen MR) is 52.0 cm³/mol. The molecule has 1 fully saturated rings. The van der Waals surface area contributed by atoms with E-state index in [2.05, 4.69) is 31.3 Å². The van der Waals surface area contributed by atoms with Gasteiger partial charge in [0.05, 0.1) is 32.1 Å². The van der Waals surface area contributed by atoms with E-state index in [9.17, 15) is 0 Å². The molecule has 0 unspecified atom stereocenters. The van der Waals surface area contributed by atoms with Crippen LogP contribution in [-0.4, -0.2) is 37.7 Å². The van der Waals surface area contributed by atoms with Crippen LogP contribution in [0.25, 0.3) is 0 Å². The van der Waals surface area contributed by atoms with Crippen LogP contribution >= 0.6 is 0 Å². The second kappa shape index (κ2) is 4.58. The molecule has 0 saturated carbocycles. The third kappa shape index (κ3) is 4.85. The predicted octanol–water partition coefficient (Wildman–Crippen LogP) is 0.777. The minimum Gasteiger partial charge on any atom is -0.373 e. The zero-order valence-corrected chi connectivity index (χ0v) is 8.59. The van der Waals surface area contributed by atoms with E-state index in [0.29, 0.717) is 26.4 Å². The first-order valence-corrected chi connectivity index (χ1v) is 4.56. The molecular formula is C9H18N2O2. The minimum atomic E-state index is -0.000690. The smallest absolute Gasteiger partial charge is 0.0891 e. The Balaban J connectivity index is 2.39. The number of hydrogen-bond donors (Lipinski definition) is 1. The van der Waals surface area contributed by atoms with Crippen LogP contribution in [-0.2, 0) is 9.47 Å². The fraction of sp³-hybridized carbons (Fsp3) is 0.889. The highest BCUT2D eigenvalue weighted by Crippen LogP contribution is 1.99. The van der Waals surface area contributed by atoms with Gasteiger partial charge >= 0.3 is 0 Å². The van der Waals surface area contributed by atoms with Crippen molar-refractivity contribution in [3.63, 3.8) is 0 Å². The van der Waals surface area contributed by atoms with Gasteiger partial charge in [0, 0.05) is 5.54 Å². The maximum absolute atomic E-state index is 5.28. The van der Waals surface area contributed by atoms with Gasteiger partial charge < -0.3 is 14.9 Å². The molecule has 1 saturated heterocycles. The zero-order valence-electron chi connectivity index (χ0n) is 8.59. The molecule has 4 heteroatoms. The summed E-state index contributed by atoms with van der Waals surface area (Å²) in [6.07, 6.45) is 0. The second-order valence-corrected chi connectivity index (χ2v) is 4.15. The van der Waals surface area contributed by atoms with Gasteiger partial charge in [-0.15, -0.1) is 0 Å². The molecule has 0 bridgehead atoms. The molecule has 4 nitrogen and oxygen atoms in total. The SMILES string of the molecule is CC(C)(C)NN=C1COCCOC1. The molecule has 0 aliphatic carbocycles. The zero-order chi connectivity index (χ0) is 9.73. The maximum Gasteiger partial charge on any atom is 0.0891 e. The Morgan fingerprint density at radius 1 is 1.15 bits per heavy atom. The minimum absolute atomic E-state index is 0.000690. The van der Waals surface area contributed by atoms with Crippen LogP contribution in [0.15, 0.2) is 5.10 Å². The van der Waals surface area contributed by atoms with Crippen molar-refractivity contribution in [3.05, 3.63) is 0 Å². The molecule has 0 aromatic heterocycles. The average Bonchev–Trinajstić information content (AvgIpc) is 2.26. The molecule has 1 rings (SSSR count). The highest BCUT2D eigenvalue weighted by molar-refractivity contribution is 5.86. The molecule has 76 valence electrons. The van der Waals surface area contributed by atoms with E-state index in [0.717, 1.165) is 5.71 Å². The van der Waals surface area contributed by atoms with E-state index in [4.69, 9.17) is 9.47 Å². The molecule has 0 amide bonds. The summed E-state index contributed by atoms with van der Waals surface area (Å²) >= 11 is 0. The summed E-state index contributed by atoms with van der Waals surface area (Å²) in [6, 6.07) is 0. The maximum atomic E-state index is 5.28. The molecule has 1 N–H and O–H groups in total. The van der Waals surface area contributed by atoms with E-state index in [1.54, 1.807) is 0 Å². The molecule has 0 aromatic carbocycles. The molecule has 1 aliphatic rings. The van der Waals surface area contributed by atoms with Gasteiger partial charge in [0.1, 0.15) is 0 Å². The first kappa shape index (κ1) is 10.5. The van der Waals surface area contributed by atoms with Crippen molar-refractivity contribution in [2.45, 2.75) is 26.3 Å². The van der Waals surface area contributed by atoms with Gasteiger partial charge in [-0.05, 0) is 20.8 Å². The number of hydrogen-bond acceptors (Lipinski definition) is 4. The molecular weight excluding hydrogens is 168 g/mol. The van der Waals surface area contributed by atoms with E-state index >= 15 is 0 Å². The summed E-state index contributed by atoms with van der Waals surface area (Å²) in [4.78, 5) is 0. The number of rotatable bonds is 1. The third-order valence-electron chi connectivity index (χ3n) is 1.46. The molecule has 0 aromatic rings. The van der Waals surface area contributed by atoms with E-state index in [1.807, 2.05) is 0 Å². The van der Waals surface area contributed by atoms with Gasteiger partial charge in [-0.1, -0.05) is 0 Å². The quantitative estimate of drug-likeness (QED) is 0.615.